The minimum atomic E-state index is -1.000. The molecule has 0 saturated heterocycles. The third-order valence-electron chi connectivity index (χ3n) is 2.61. The molecular formula is C14H19N3O3. The zero-order chi connectivity index (χ0) is 15.1. The monoisotopic (exact) mass is 277 g/mol. The smallest absolute Gasteiger partial charge is 0.328 e. The molecule has 108 valence electrons. The lowest BCUT2D eigenvalue weighted by Crippen LogP contribution is -2.35. The van der Waals surface area contributed by atoms with Crippen molar-refractivity contribution in [1.29, 1.82) is 0 Å². The van der Waals surface area contributed by atoms with Gasteiger partial charge >= 0.3 is 5.97 Å². The Morgan fingerprint density at radius 2 is 2.20 bits per heavy atom. The summed E-state index contributed by atoms with van der Waals surface area (Å²) in [6, 6.07) is 1.83. The molecule has 0 atom stereocenters. The molecule has 0 aliphatic rings. The Balaban J connectivity index is 2.82. The number of carbonyl (C=O) groups is 2. The minimum Gasteiger partial charge on any atom is -0.478 e. The average Bonchev–Trinajstić information content (AvgIpc) is 2.36. The first-order valence-electron chi connectivity index (χ1n) is 6.29. The van der Waals surface area contributed by atoms with Gasteiger partial charge in [-0.3, -0.25) is 4.79 Å². The lowest BCUT2D eigenvalue weighted by atomic mass is 10.2. The van der Waals surface area contributed by atoms with Gasteiger partial charge in [0.05, 0.1) is 6.54 Å². The van der Waals surface area contributed by atoms with Gasteiger partial charge in [-0.2, -0.15) is 0 Å². The van der Waals surface area contributed by atoms with Gasteiger partial charge in [-0.15, -0.1) is 0 Å². The van der Waals surface area contributed by atoms with Crippen LogP contribution in [0.4, 0.5) is 5.82 Å². The zero-order valence-corrected chi connectivity index (χ0v) is 11.9. The van der Waals surface area contributed by atoms with Crippen LogP contribution >= 0.6 is 0 Å². The number of pyridine rings is 1. The molecule has 0 spiro atoms. The summed E-state index contributed by atoms with van der Waals surface area (Å²) >= 11 is 0. The van der Waals surface area contributed by atoms with Crippen molar-refractivity contribution in [2.75, 3.05) is 25.0 Å². The van der Waals surface area contributed by atoms with Crippen molar-refractivity contribution in [2.45, 2.75) is 13.8 Å². The standard InChI is InChI=1S/C14H19N3O3/c1-4-15-12(18)9-17(3)14-10(2)7-11(8-16-14)5-6-13(19)20/h5-8H,4,9H2,1-3H3,(H,15,18)(H,19,20)/b6-5+. The van der Waals surface area contributed by atoms with Crippen LogP contribution in [0, 0.1) is 6.92 Å². The van der Waals surface area contributed by atoms with Crippen molar-refractivity contribution in [2.24, 2.45) is 0 Å². The van der Waals surface area contributed by atoms with Crippen molar-refractivity contribution in [3.05, 3.63) is 29.5 Å². The van der Waals surface area contributed by atoms with E-state index in [0.717, 1.165) is 11.6 Å². The largest absolute Gasteiger partial charge is 0.478 e. The molecule has 6 heteroatoms. The van der Waals surface area contributed by atoms with Crippen LogP contribution in [0.3, 0.4) is 0 Å². The van der Waals surface area contributed by atoms with E-state index in [9.17, 15) is 9.59 Å². The maximum absolute atomic E-state index is 11.5. The summed E-state index contributed by atoms with van der Waals surface area (Å²) in [5.74, 6) is -0.366. The van der Waals surface area contributed by atoms with Crippen molar-refractivity contribution in [3.63, 3.8) is 0 Å². The van der Waals surface area contributed by atoms with Crippen LogP contribution in [0.2, 0.25) is 0 Å². The molecule has 0 saturated carbocycles. The number of aliphatic carboxylic acids is 1. The Morgan fingerprint density at radius 3 is 2.75 bits per heavy atom. The first kappa shape index (κ1) is 15.7. The Morgan fingerprint density at radius 1 is 1.50 bits per heavy atom. The van der Waals surface area contributed by atoms with Crippen molar-refractivity contribution in [1.82, 2.24) is 10.3 Å². The first-order valence-corrected chi connectivity index (χ1v) is 6.29. The maximum Gasteiger partial charge on any atom is 0.328 e. The van der Waals surface area contributed by atoms with Gasteiger partial charge in [0.1, 0.15) is 5.82 Å². The van der Waals surface area contributed by atoms with E-state index in [1.54, 1.807) is 18.1 Å². The number of carboxylic acids is 1. The Bertz CT molecular complexity index is 526. The van der Waals surface area contributed by atoms with Crippen LogP contribution in [-0.4, -0.2) is 42.1 Å². The lowest BCUT2D eigenvalue weighted by molar-refractivity contribution is -0.131. The number of carboxylic acid groups (broad SMARTS) is 1. The van der Waals surface area contributed by atoms with Gasteiger partial charge in [-0.1, -0.05) is 0 Å². The van der Waals surface area contributed by atoms with Gasteiger partial charge in [0.15, 0.2) is 0 Å². The van der Waals surface area contributed by atoms with Gasteiger partial charge in [-0.05, 0) is 37.1 Å². The third-order valence-corrected chi connectivity index (χ3v) is 2.61. The molecule has 1 amide bonds. The van der Waals surface area contributed by atoms with Gasteiger partial charge in [0.25, 0.3) is 0 Å². The van der Waals surface area contributed by atoms with E-state index in [0.29, 0.717) is 17.9 Å². The van der Waals surface area contributed by atoms with Crippen LogP contribution in [0.1, 0.15) is 18.1 Å². The fourth-order valence-electron chi connectivity index (χ4n) is 1.79. The summed E-state index contributed by atoms with van der Waals surface area (Å²) in [6.07, 6.45) is 4.13. The number of aryl methyl sites for hydroxylation is 1. The number of amides is 1. The summed E-state index contributed by atoms with van der Waals surface area (Å²) in [7, 11) is 1.79. The SMILES string of the molecule is CCNC(=O)CN(C)c1ncc(/C=C/C(=O)O)cc1C. The number of hydrogen-bond donors (Lipinski definition) is 2. The fourth-order valence-corrected chi connectivity index (χ4v) is 1.79. The highest BCUT2D eigenvalue weighted by Gasteiger charge is 2.10. The average molecular weight is 277 g/mol. The number of nitrogens with zero attached hydrogens (tertiary/aromatic N) is 2. The Labute approximate surface area is 118 Å². The lowest BCUT2D eigenvalue weighted by Gasteiger charge is -2.19. The summed E-state index contributed by atoms with van der Waals surface area (Å²) in [6.45, 7) is 4.56. The number of hydrogen-bond acceptors (Lipinski definition) is 4. The van der Waals surface area contributed by atoms with Crippen LogP contribution < -0.4 is 10.2 Å². The molecule has 0 aromatic carbocycles. The van der Waals surface area contributed by atoms with E-state index in [-0.39, 0.29) is 12.5 Å². The molecule has 1 heterocycles. The molecule has 1 aromatic heterocycles. The van der Waals surface area contributed by atoms with E-state index in [1.807, 2.05) is 19.9 Å². The highest BCUT2D eigenvalue weighted by molar-refractivity contribution is 5.85. The summed E-state index contributed by atoms with van der Waals surface area (Å²) < 4.78 is 0. The van der Waals surface area contributed by atoms with E-state index < -0.39 is 5.97 Å². The normalized spacial score (nSPS) is 10.6. The molecule has 0 aliphatic heterocycles. The van der Waals surface area contributed by atoms with Gasteiger partial charge in [-0.25, -0.2) is 9.78 Å². The molecule has 0 aliphatic carbocycles. The molecule has 0 unspecified atom stereocenters. The van der Waals surface area contributed by atoms with Crippen LogP contribution in [0.25, 0.3) is 6.08 Å². The van der Waals surface area contributed by atoms with E-state index in [1.165, 1.54) is 6.08 Å². The summed E-state index contributed by atoms with van der Waals surface area (Å²) in [5.41, 5.74) is 1.59. The van der Waals surface area contributed by atoms with Crippen LogP contribution in [0.15, 0.2) is 18.3 Å². The predicted molar refractivity (Wildman–Crippen MR) is 77.6 cm³/mol. The number of aromatic nitrogens is 1. The number of rotatable bonds is 6. The summed E-state index contributed by atoms with van der Waals surface area (Å²) in [4.78, 5) is 28.0. The first-order chi connectivity index (χ1) is 9.43. The van der Waals surface area contributed by atoms with Crippen molar-refractivity contribution >= 4 is 23.8 Å². The van der Waals surface area contributed by atoms with Crippen molar-refractivity contribution < 1.29 is 14.7 Å². The predicted octanol–water partition coefficient (Wildman–Crippen LogP) is 1.06. The van der Waals surface area contributed by atoms with Crippen molar-refractivity contribution in [3.8, 4) is 0 Å². The van der Waals surface area contributed by atoms with Crippen LogP contribution in [-0.2, 0) is 9.59 Å². The molecule has 0 radical (unpaired) electrons. The molecule has 1 rings (SSSR count). The molecule has 2 N–H and O–H groups in total. The van der Waals surface area contributed by atoms with E-state index >= 15 is 0 Å². The number of likely N-dealkylation sites (N-methyl/N-ethyl adjacent to an activating group) is 2. The van der Waals surface area contributed by atoms with Gasteiger partial charge < -0.3 is 15.3 Å². The Kier molecular flexibility index (Phi) is 5.71. The molecule has 0 fully saturated rings. The molecule has 1 aromatic rings. The summed E-state index contributed by atoms with van der Waals surface area (Å²) in [5, 5.41) is 11.3. The highest BCUT2D eigenvalue weighted by Crippen LogP contribution is 2.17. The number of nitrogens with one attached hydrogen (secondary N) is 1. The van der Waals surface area contributed by atoms with Gasteiger partial charge in [0.2, 0.25) is 5.91 Å². The number of anilines is 1. The Hall–Kier alpha value is -2.37. The second-order valence-corrected chi connectivity index (χ2v) is 4.39. The topological polar surface area (TPSA) is 82.5 Å². The highest BCUT2D eigenvalue weighted by atomic mass is 16.4. The molecular weight excluding hydrogens is 258 g/mol. The maximum atomic E-state index is 11.5. The quantitative estimate of drug-likeness (QED) is 0.760. The third kappa shape index (κ3) is 4.72. The van der Waals surface area contributed by atoms with E-state index in [4.69, 9.17) is 5.11 Å². The van der Waals surface area contributed by atoms with Crippen LogP contribution in [0.5, 0.6) is 0 Å². The molecule has 20 heavy (non-hydrogen) atoms. The fraction of sp³-hybridized carbons (Fsp3) is 0.357. The molecule has 6 nitrogen and oxygen atoms in total. The second-order valence-electron chi connectivity index (χ2n) is 4.39. The zero-order valence-electron chi connectivity index (χ0n) is 11.9. The number of carbonyl (C=O) groups excluding carboxylic acids is 1. The minimum absolute atomic E-state index is 0.0638. The van der Waals surface area contributed by atoms with E-state index in [2.05, 4.69) is 10.3 Å². The second kappa shape index (κ2) is 7.28. The van der Waals surface area contributed by atoms with Gasteiger partial charge in [0, 0.05) is 25.9 Å². The molecule has 0 bridgehead atoms.